The molecular weight excluding hydrogens is 311 g/mol. The average molecular weight is 323 g/mol. The highest BCUT2D eigenvalue weighted by molar-refractivity contribution is 6.32. The molecule has 7 heteroatoms. The maximum absolute atomic E-state index is 13.4. The summed E-state index contributed by atoms with van der Waals surface area (Å²) in [6.45, 7) is 1.37. The van der Waals surface area contributed by atoms with Crippen LogP contribution in [-0.4, -0.2) is 23.0 Å². The summed E-state index contributed by atoms with van der Waals surface area (Å²) in [6, 6.07) is 8.64. The quantitative estimate of drug-likeness (QED) is 0.694. The van der Waals surface area contributed by atoms with Crippen molar-refractivity contribution in [1.82, 2.24) is 4.98 Å². The predicted molar refractivity (Wildman–Crippen MR) is 79.2 cm³/mol. The first-order valence-electron chi connectivity index (χ1n) is 6.36. The number of aromatic nitrogens is 1. The van der Waals surface area contributed by atoms with Gasteiger partial charge in [0.05, 0.1) is 11.3 Å². The molecule has 1 heterocycles. The van der Waals surface area contributed by atoms with E-state index in [0.717, 1.165) is 0 Å². The lowest BCUT2D eigenvalue weighted by Gasteiger charge is -2.14. The van der Waals surface area contributed by atoms with Crippen LogP contribution in [-0.2, 0) is 9.53 Å². The molecule has 1 amide bonds. The number of carbonyl (C=O) groups is 2. The van der Waals surface area contributed by atoms with Gasteiger partial charge < -0.3 is 10.1 Å². The monoisotopic (exact) mass is 322 g/mol. The number of pyridine rings is 1. The van der Waals surface area contributed by atoms with Gasteiger partial charge in [-0.2, -0.15) is 0 Å². The number of anilines is 1. The van der Waals surface area contributed by atoms with E-state index >= 15 is 0 Å². The van der Waals surface area contributed by atoms with Crippen molar-refractivity contribution >= 4 is 29.2 Å². The highest BCUT2D eigenvalue weighted by Gasteiger charge is 2.21. The standard InChI is InChI=1S/C15H12ClFN2O3/c1-9(14(20)19-12-7-3-2-6-11(12)17)22-15(21)10-5-4-8-18-13(10)16/h2-9H,1H3,(H,19,20)/t9-/m1/s1. The molecule has 1 aromatic heterocycles. The first-order valence-corrected chi connectivity index (χ1v) is 6.73. The molecule has 0 unspecified atom stereocenters. The van der Waals surface area contributed by atoms with Crippen LogP contribution in [0.15, 0.2) is 42.6 Å². The van der Waals surface area contributed by atoms with Gasteiger partial charge in [-0.15, -0.1) is 0 Å². The summed E-state index contributed by atoms with van der Waals surface area (Å²) in [6.07, 6.45) is 0.302. The Bertz CT molecular complexity index is 709. The summed E-state index contributed by atoms with van der Waals surface area (Å²) in [5.74, 6) is -2.02. The van der Waals surface area contributed by atoms with Crippen LogP contribution in [0.25, 0.3) is 0 Å². The SMILES string of the molecule is C[C@@H](OC(=O)c1cccnc1Cl)C(=O)Nc1ccccc1F. The second-order valence-corrected chi connectivity index (χ2v) is 4.72. The van der Waals surface area contributed by atoms with Gasteiger partial charge in [-0.3, -0.25) is 4.79 Å². The summed E-state index contributed by atoms with van der Waals surface area (Å²) in [7, 11) is 0. The van der Waals surface area contributed by atoms with Gasteiger partial charge in [0.1, 0.15) is 11.0 Å². The van der Waals surface area contributed by atoms with E-state index in [0.29, 0.717) is 0 Å². The zero-order valence-corrected chi connectivity index (χ0v) is 12.3. The molecule has 0 saturated heterocycles. The third-order valence-electron chi connectivity index (χ3n) is 2.76. The molecule has 0 radical (unpaired) electrons. The average Bonchev–Trinajstić information content (AvgIpc) is 2.49. The van der Waals surface area contributed by atoms with E-state index in [9.17, 15) is 14.0 Å². The normalized spacial score (nSPS) is 11.6. The Kier molecular flexibility index (Phi) is 5.06. The Morgan fingerprint density at radius 3 is 2.68 bits per heavy atom. The van der Waals surface area contributed by atoms with Gasteiger partial charge in [0.2, 0.25) is 0 Å². The van der Waals surface area contributed by atoms with Gasteiger partial charge in [-0.1, -0.05) is 23.7 Å². The molecule has 22 heavy (non-hydrogen) atoms. The van der Waals surface area contributed by atoms with Crippen LogP contribution in [0.2, 0.25) is 5.15 Å². The van der Waals surface area contributed by atoms with Crippen LogP contribution in [0.5, 0.6) is 0 Å². The largest absolute Gasteiger partial charge is 0.449 e. The van der Waals surface area contributed by atoms with E-state index in [1.54, 1.807) is 6.07 Å². The summed E-state index contributed by atoms with van der Waals surface area (Å²) in [5.41, 5.74) is 0.0597. The minimum Gasteiger partial charge on any atom is -0.449 e. The van der Waals surface area contributed by atoms with Crippen LogP contribution >= 0.6 is 11.6 Å². The van der Waals surface area contributed by atoms with Crippen molar-refractivity contribution in [2.24, 2.45) is 0 Å². The number of esters is 1. The maximum Gasteiger partial charge on any atom is 0.342 e. The van der Waals surface area contributed by atoms with E-state index in [4.69, 9.17) is 16.3 Å². The number of hydrogen-bond donors (Lipinski definition) is 1. The number of hydrogen-bond acceptors (Lipinski definition) is 4. The minimum atomic E-state index is -1.12. The van der Waals surface area contributed by atoms with Crippen molar-refractivity contribution in [2.45, 2.75) is 13.0 Å². The fraction of sp³-hybridized carbons (Fsp3) is 0.133. The van der Waals surface area contributed by atoms with Crippen LogP contribution < -0.4 is 5.32 Å². The molecule has 2 rings (SSSR count). The molecule has 0 bridgehead atoms. The zero-order valence-electron chi connectivity index (χ0n) is 11.5. The molecule has 5 nitrogen and oxygen atoms in total. The highest BCUT2D eigenvalue weighted by atomic mass is 35.5. The smallest absolute Gasteiger partial charge is 0.342 e. The Balaban J connectivity index is 2.01. The highest BCUT2D eigenvalue weighted by Crippen LogP contribution is 2.15. The molecule has 0 aliphatic rings. The lowest BCUT2D eigenvalue weighted by Crippen LogP contribution is -2.30. The Morgan fingerprint density at radius 1 is 1.27 bits per heavy atom. The van der Waals surface area contributed by atoms with Crippen LogP contribution in [0.3, 0.4) is 0 Å². The summed E-state index contributed by atoms with van der Waals surface area (Å²) >= 11 is 5.77. The number of nitrogens with one attached hydrogen (secondary N) is 1. The molecule has 1 atom stereocenters. The van der Waals surface area contributed by atoms with Crippen molar-refractivity contribution in [2.75, 3.05) is 5.32 Å². The van der Waals surface area contributed by atoms with Crippen molar-refractivity contribution in [3.8, 4) is 0 Å². The second-order valence-electron chi connectivity index (χ2n) is 4.36. The molecule has 1 aromatic carbocycles. The Hall–Kier alpha value is -2.47. The summed E-state index contributed by atoms with van der Waals surface area (Å²) in [4.78, 5) is 27.6. The summed E-state index contributed by atoms with van der Waals surface area (Å²) < 4.78 is 18.4. The molecular formula is C15H12ClFN2O3. The molecule has 114 valence electrons. The molecule has 1 N–H and O–H groups in total. The third kappa shape index (κ3) is 3.79. The van der Waals surface area contributed by atoms with Gasteiger partial charge in [-0.25, -0.2) is 14.2 Å². The Labute approximate surface area is 131 Å². The van der Waals surface area contributed by atoms with E-state index in [2.05, 4.69) is 10.3 Å². The zero-order chi connectivity index (χ0) is 16.1. The lowest BCUT2D eigenvalue weighted by atomic mass is 10.2. The number of para-hydroxylation sites is 1. The second kappa shape index (κ2) is 7.00. The lowest BCUT2D eigenvalue weighted by molar-refractivity contribution is -0.123. The van der Waals surface area contributed by atoms with Crippen LogP contribution in [0, 0.1) is 5.82 Å². The fourth-order valence-corrected chi connectivity index (χ4v) is 1.81. The molecule has 0 saturated carbocycles. The number of halogens is 2. The van der Waals surface area contributed by atoms with Crippen LogP contribution in [0.1, 0.15) is 17.3 Å². The van der Waals surface area contributed by atoms with Gasteiger partial charge in [0.25, 0.3) is 5.91 Å². The maximum atomic E-state index is 13.4. The van der Waals surface area contributed by atoms with Crippen molar-refractivity contribution < 1.29 is 18.7 Å². The fourth-order valence-electron chi connectivity index (χ4n) is 1.61. The number of carbonyl (C=O) groups excluding carboxylic acids is 2. The minimum absolute atomic E-state index is 0.00908. The predicted octanol–water partition coefficient (Wildman–Crippen LogP) is 3.06. The van der Waals surface area contributed by atoms with Gasteiger partial charge in [-0.05, 0) is 31.2 Å². The van der Waals surface area contributed by atoms with Crippen LogP contribution in [0.4, 0.5) is 10.1 Å². The topological polar surface area (TPSA) is 68.3 Å². The molecule has 2 aromatic rings. The Morgan fingerprint density at radius 2 is 2.00 bits per heavy atom. The first kappa shape index (κ1) is 15.9. The first-order chi connectivity index (χ1) is 10.5. The number of ether oxygens (including phenoxy) is 1. The number of nitrogens with zero attached hydrogens (tertiary/aromatic N) is 1. The van der Waals surface area contributed by atoms with Crippen molar-refractivity contribution in [3.05, 3.63) is 59.1 Å². The van der Waals surface area contributed by atoms with Crippen molar-refractivity contribution in [1.29, 1.82) is 0 Å². The van der Waals surface area contributed by atoms with E-state index in [1.165, 1.54) is 43.5 Å². The molecule has 0 aliphatic carbocycles. The molecule has 0 aliphatic heterocycles. The number of amides is 1. The van der Waals surface area contributed by atoms with Crippen molar-refractivity contribution in [3.63, 3.8) is 0 Å². The molecule has 0 spiro atoms. The number of rotatable bonds is 4. The van der Waals surface area contributed by atoms with E-state index in [1.807, 2.05) is 0 Å². The third-order valence-corrected chi connectivity index (χ3v) is 3.06. The summed E-state index contributed by atoms with van der Waals surface area (Å²) in [5, 5.41) is 2.32. The van der Waals surface area contributed by atoms with Gasteiger partial charge in [0, 0.05) is 6.20 Å². The molecule has 0 fully saturated rings. The van der Waals surface area contributed by atoms with Gasteiger partial charge in [0.15, 0.2) is 6.10 Å². The van der Waals surface area contributed by atoms with Gasteiger partial charge >= 0.3 is 5.97 Å². The van der Waals surface area contributed by atoms with E-state index in [-0.39, 0.29) is 16.4 Å². The van der Waals surface area contributed by atoms with E-state index < -0.39 is 23.8 Å². The number of benzene rings is 1.